The second kappa shape index (κ2) is 5.18. The van der Waals surface area contributed by atoms with Crippen LogP contribution in [0.1, 0.15) is 54.0 Å². The molecule has 2 atom stereocenters. The molecule has 0 aliphatic heterocycles. The lowest BCUT2D eigenvalue weighted by atomic mass is 9.81. The Labute approximate surface area is 114 Å². The molecule has 1 aliphatic carbocycles. The predicted molar refractivity (Wildman–Crippen MR) is 78.3 cm³/mol. The van der Waals surface area contributed by atoms with Crippen LogP contribution >= 0.6 is 0 Å². The van der Waals surface area contributed by atoms with Crippen LogP contribution in [0.2, 0.25) is 0 Å². The molecule has 1 nitrogen and oxygen atoms in total. The van der Waals surface area contributed by atoms with E-state index in [0.717, 1.165) is 24.8 Å². The maximum Gasteiger partial charge on any atom is 0.0793 e. The molecule has 3 rings (SSSR count). The molecule has 1 heteroatoms. The third-order valence-electron chi connectivity index (χ3n) is 4.17. The molecule has 0 saturated carbocycles. The minimum atomic E-state index is -0.276. The second-order valence-corrected chi connectivity index (χ2v) is 5.62. The first kappa shape index (κ1) is 12.4. The molecule has 1 unspecified atom stereocenters. The van der Waals surface area contributed by atoms with Crippen LogP contribution in [0.15, 0.2) is 48.5 Å². The number of aliphatic hydroxyl groups is 1. The van der Waals surface area contributed by atoms with Crippen molar-refractivity contribution in [1.82, 2.24) is 0 Å². The van der Waals surface area contributed by atoms with Gasteiger partial charge in [0.1, 0.15) is 0 Å². The summed E-state index contributed by atoms with van der Waals surface area (Å²) in [7, 11) is 0. The van der Waals surface area contributed by atoms with Crippen LogP contribution in [0.25, 0.3) is 0 Å². The van der Waals surface area contributed by atoms with Crippen LogP contribution in [0, 0.1) is 0 Å². The van der Waals surface area contributed by atoms with Gasteiger partial charge in [0, 0.05) is 0 Å². The number of benzene rings is 2. The zero-order valence-corrected chi connectivity index (χ0v) is 11.3. The fourth-order valence-electron chi connectivity index (χ4n) is 3.02. The van der Waals surface area contributed by atoms with Crippen LogP contribution in [0.4, 0.5) is 0 Å². The number of hydrogen-bond acceptors (Lipinski definition) is 1. The lowest BCUT2D eigenvalue weighted by Gasteiger charge is -2.27. The van der Waals surface area contributed by atoms with Gasteiger partial charge in [-0.15, -0.1) is 0 Å². The van der Waals surface area contributed by atoms with Gasteiger partial charge in [-0.2, -0.15) is 0 Å². The van der Waals surface area contributed by atoms with Crippen molar-refractivity contribution in [3.63, 3.8) is 0 Å². The Morgan fingerprint density at radius 3 is 2.53 bits per heavy atom. The van der Waals surface area contributed by atoms with Crippen LogP contribution in [-0.4, -0.2) is 5.11 Å². The van der Waals surface area contributed by atoms with E-state index >= 15 is 0 Å². The van der Waals surface area contributed by atoms with Gasteiger partial charge in [-0.1, -0.05) is 55.5 Å². The first-order valence-electron chi connectivity index (χ1n) is 7.09. The van der Waals surface area contributed by atoms with Crippen molar-refractivity contribution >= 4 is 0 Å². The summed E-state index contributed by atoms with van der Waals surface area (Å²) < 4.78 is 0. The molecule has 0 bridgehead atoms. The molecule has 19 heavy (non-hydrogen) atoms. The summed E-state index contributed by atoms with van der Waals surface area (Å²) in [4.78, 5) is 0. The first-order valence-corrected chi connectivity index (χ1v) is 7.09. The van der Waals surface area contributed by atoms with Gasteiger partial charge in [0.2, 0.25) is 0 Å². The van der Waals surface area contributed by atoms with Gasteiger partial charge in [0.25, 0.3) is 0 Å². The predicted octanol–water partition coefficient (Wildman–Crippen LogP) is 4.21. The normalized spacial score (nSPS) is 22.0. The van der Waals surface area contributed by atoms with Crippen molar-refractivity contribution in [2.24, 2.45) is 0 Å². The van der Waals surface area contributed by atoms with Crippen molar-refractivity contribution in [3.05, 3.63) is 70.8 Å². The quantitative estimate of drug-likeness (QED) is 0.849. The van der Waals surface area contributed by atoms with E-state index in [4.69, 9.17) is 0 Å². The minimum absolute atomic E-state index is 0.276. The zero-order chi connectivity index (χ0) is 13.2. The maximum atomic E-state index is 10.2. The number of rotatable bonds is 2. The zero-order valence-electron chi connectivity index (χ0n) is 11.3. The highest BCUT2D eigenvalue weighted by Gasteiger charge is 2.23. The Morgan fingerprint density at radius 2 is 1.74 bits per heavy atom. The highest BCUT2D eigenvalue weighted by Crippen LogP contribution is 2.37. The van der Waals surface area contributed by atoms with Crippen molar-refractivity contribution in [2.45, 2.75) is 38.2 Å². The van der Waals surface area contributed by atoms with Crippen LogP contribution in [0.5, 0.6) is 0 Å². The highest BCUT2D eigenvalue weighted by molar-refractivity contribution is 5.39. The van der Waals surface area contributed by atoms with Crippen molar-refractivity contribution in [3.8, 4) is 0 Å². The van der Waals surface area contributed by atoms with Crippen molar-refractivity contribution < 1.29 is 5.11 Å². The molecule has 0 amide bonds. The van der Waals surface area contributed by atoms with Gasteiger partial charge in [0.05, 0.1) is 6.10 Å². The average Bonchev–Trinajstić information content (AvgIpc) is 2.44. The standard InChI is InChI=1S/C18H20O/c1-13-7-10-18(19)17-12-15(8-9-16(13)17)11-14-5-3-2-4-6-14/h2-6,8-9,12-13,18-19H,7,10-11H2,1H3/t13?,18-/m0/s1. The molecular weight excluding hydrogens is 232 g/mol. The lowest BCUT2D eigenvalue weighted by Crippen LogP contribution is -2.12. The summed E-state index contributed by atoms with van der Waals surface area (Å²) in [5.41, 5.74) is 5.08. The molecule has 2 aromatic carbocycles. The number of aliphatic hydroxyl groups excluding tert-OH is 1. The topological polar surface area (TPSA) is 20.2 Å². The Morgan fingerprint density at radius 1 is 0.947 bits per heavy atom. The van der Waals surface area contributed by atoms with E-state index in [1.54, 1.807) is 0 Å². The summed E-state index contributed by atoms with van der Waals surface area (Å²) in [6, 6.07) is 17.1. The Hall–Kier alpha value is -1.60. The van der Waals surface area contributed by atoms with Crippen molar-refractivity contribution in [2.75, 3.05) is 0 Å². The fourth-order valence-corrected chi connectivity index (χ4v) is 3.02. The van der Waals surface area contributed by atoms with E-state index in [1.807, 2.05) is 6.07 Å². The molecule has 0 heterocycles. The Balaban J connectivity index is 1.91. The Bertz CT molecular complexity index is 559. The van der Waals surface area contributed by atoms with E-state index < -0.39 is 0 Å². The van der Waals surface area contributed by atoms with Gasteiger partial charge in [-0.05, 0) is 47.4 Å². The molecular formula is C18H20O. The van der Waals surface area contributed by atoms with Crippen LogP contribution in [0.3, 0.4) is 0 Å². The van der Waals surface area contributed by atoms with E-state index in [9.17, 15) is 5.11 Å². The monoisotopic (exact) mass is 252 g/mol. The van der Waals surface area contributed by atoms with Crippen LogP contribution < -0.4 is 0 Å². The minimum Gasteiger partial charge on any atom is -0.388 e. The fraction of sp³-hybridized carbons (Fsp3) is 0.333. The van der Waals surface area contributed by atoms with Crippen LogP contribution in [-0.2, 0) is 6.42 Å². The molecule has 98 valence electrons. The summed E-state index contributed by atoms with van der Waals surface area (Å²) >= 11 is 0. The first-order chi connectivity index (χ1) is 9.24. The third kappa shape index (κ3) is 2.57. The lowest BCUT2D eigenvalue weighted by molar-refractivity contribution is 0.151. The highest BCUT2D eigenvalue weighted by atomic mass is 16.3. The molecule has 1 N–H and O–H groups in total. The smallest absolute Gasteiger partial charge is 0.0793 e. The summed E-state index contributed by atoms with van der Waals surface area (Å²) in [5, 5.41) is 10.2. The van der Waals surface area contributed by atoms with Gasteiger partial charge in [0.15, 0.2) is 0 Å². The van der Waals surface area contributed by atoms with Gasteiger partial charge >= 0.3 is 0 Å². The molecule has 0 fully saturated rings. The van der Waals surface area contributed by atoms with E-state index in [1.165, 1.54) is 16.7 Å². The third-order valence-corrected chi connectivity index (χ3v) is 4.17. The summed E-state index contributed by atoms with van der Waals surface area (Å²) in [6.07, 6.45) is 2.65. The Kier molecular flexibility index (Phi) is 3.39. The molecule has 0 spiro atoms. The maximum absolute atomic E-state index is 10.2. The molecule has 1 aliphatic rings. The van der Waals surface area contributed by atoms with Crippen molar-refractivity contribution in [1.29, 1.82) is 0 Å². The SMILES string of the molecule is CC1CC[C@H](O)c2cc(Cc3ccccc3)ccc21. The van der Waals surface area contributed by atoms with E-state index in [0.29, 0.717) is 5.92 Å². The molecule has 0 radical (unpaired) electrons. The second-order valence-electron chi connectivity index (χ2n) is 5.62. The van der Waals surface area contributed by atoms with E-state index in [2.05, 4.69) is 49.4 Å². The van der Waals surface area contributed by atoms with E-state index in [-0.39, 0.29) is 6.10 Å². The van der Waals surface area contributed by atoms with Gasteiger partial charge < -0.3 is 5.11 Å². The molecule has 0 aromatic heterocycles. The average molecular weight is 252 g/mol. The molecule has 0 saturated heterocycles. The largest absolute Gasteiger partial charge is 0.388 e. The molecule has 2 aromatic rings. The van der Waals surface area contributed by atoms with Gasteiger partial charge in [-0.25, -0.2) is 0 Å². The summed E-state index contributed by atoms with van der Waals surface area (Å²) in [5.74, 6) is 0.573. The number of hydrogen-bond donors (Lipinski definition) is 1. The number of fused-ring (bicyclic) bond motifs is 1. The van der Waals surface area contributed by atoms with Gasteiger partial charge in [-0.3, -0.25) is 0 Å². The summed E-state index contributed by atoms with van der Waals surface area (Å²) in [6.45, 7) is 2.25.